The smallest absolute Gasteiger partial charge is 0.191 e. The molecule has 3 heterocycles. The highest BCUT2D eigenvalue weighted by Gasteiger charge is 2.22. The van der Waals surface area contributed by atoms with Crippen LogP contribution in [0.3, 0.4) is 0 Å². The van der Waals surface area contributed by atoms with Gasteiger partial charge in [0.2, 0.25) is 0 Å². The maximum atomic E-state index is 6.29. The van der Waals surface area contributed by atoms with Crippen molar-refractivity contribution < 1.29 is 0 Å². The van der Waals surface area contributed by atoms with E-state index in [0.29, 0.717) is 5.96 Å². The van der Waals surface area contributed by atoms with E-state index < -0.39 is 0 Å². The lowest BCUT2D eigenvalue weighted by molar-refractivity contribution is 0.374. The molecule has 1 fully saturated rings. The predicted octanol–water partition coefficient (Wildman–Crippen LogP) is 1.99. The number of aryl methyl sites for hydroxylation is 1. The average molecular weight is 359 g/mol. The molecular formula is C18H23ClN6. The number of piperazine rings is 1. The lowest BCUT2D eigenvalue weighted by Crippen LogP contribution is -2.51. The van der Waals surface area contributed by atoms with E-state index in [9.17, 15) is 0 Å². The summed E-state index contributed by atoms with van der Waals surface area (Å²) >= 11 is 5.97. The van der Waals surface area contributed by atoms with Crippen LogP contribution in [0.1, 0.15) is 12.2 Å². The predicted molar refractivity (Wildman–Crippen MR) is 101 cm³/mol. The van der Waals surface area contributed by atoms with Gasteiger partial charge >= 0.3 is 0 Å². The van der Waals surface area contributed by atoms with Crippen molar-refractivity contribution in [2.75, 3.05) is 31.1 Å². The number of rotatable bonds is 2. The van der Waals surface area contributed by atoms with Crippen molar-refractivity contribution in [1.29, 1.82) is 0 Å². The van der Waals surface area contributed by atoms with Gasteiger partial charge in [-0.2, -0.15) is 0 Å². The maximum Gasteiger partial charge on any atom is 0.191 e. The Morgan fingerprint density at radius 3 is 2.64 bits per heavy atom. The van der Waals surface area contributed by atoms with Crippen LogP contribution in [0, 0.1) is 0 Å². The molecule has 6 nitrogen and oxygen atoms in total. The summed E-state index contributed by atoms with van der Waals surface area (Å²) in [4.78, 5) is 13.7. The number of aliphatic imine (C=N–C) groups is 1. The van der Waals surface area contributed by atoms with E-state index in [4.69, 9.17) is 22.3 Å². The Balaban J connectivity index is 1.35. The second-order valence-electron chi connectivity index (χ2n) is 6.62. The molecule has 2 aromatic rings. The maximum absolute atomic E-state index is 6.29. The quantitative estimate of drug-likeness (QED) is 0.658. The van der Waals surface area contributed by atoms with Crippen molar-refractivity contribution >= 4 is 23.2 Å². The van der Waals surface area contributed by atoms with Crippen LogP contribution in [0.15, 0.2) is 41.7 Å². The van der Waals surface area contributed by atoms with Crippen molar-refractivity contribution in [2.45, 2.75) is 25.4 Å². The summed E-state index contributed by atoms with van der Waals surface area (Å²) in [6, 6.07) is 8.25. The molecule has 0 bridgehead atoms. The molecule has 4 rings (SSSR count). The molecular weight excluding hydrogens is 336 g/mol. The second-order valence-corrected chi connectivity index (χ2v) is 7.06. The highest BCUT2D eigenvalue weighted by molar-refractivity contribution is 6.30. The van der Waals surface area contributed by atoms with Crippen molar-refractivity contribution in [2.24, 2.45) is 10.7 Å². The van der Waals surface area contributed by atoms with Crippen LogP contribution in [0.25, 0.3) is 0 Å². The molecule has 1 saturated heterocycles. The standard InChI is InChI=1S/C18H23ClN6/c19-14-1-3-16(4-2-14)23-9-11-25(12-10-23)18(20)22-15-5-7-24-8-6-21-17(24)13-15/h1-4,6,8,15H,5,7,9-13H2,(H2,20,22). The van der Waals surface area contributed by atoms with Gasteiger partial charge in [0.15, 0.2) is 5.96 Å². The van der Waals surface area contributed by atoms with E-state index in [1.54, 1.807) is 0 Å². The van der Waals surface area contributed by atoms with Gasteiger partial charge in [-0.3, -0.25) is 0 Å². The van der Waals surface area contributed by atoms with Crippen LogP contribution in [-0.4, -0.2) is 52.6 Å². The van der Waals surface area contributed by atoms with Gasteiger partial charge < -0.3 is 20.1 Å². The Hall–Kier alpha value is -2.21. The number of imidazole rings is 1. The summed E-state index contributed by atoms with van der Waals surface area (Å²) in [5.41, 5.74) is 7.50. The number of guanidine groups is 1. The third kappa shape index (κ3) is 3.58. The van der Waals surface area contributed by atoms with Crippen LogP contribution < -0.4 is 10.6 Å². The van der Waals surface area contributed by atoms with Gasteiger partial charge in [0.25, 0.3) is 0 Å². The first-order valence-electron chi connectivity index (χ1n) is 8.78. The van der Waals surface area contributed by atoms with Crippen LogP contribution >= 0.6 is 11.6 Å². The van der Waals surface area contributed by atoms with Gasteiger partial charge in [0, 0.05) is 62.2 Å². The fourth-order valence-electron chi connectivity index (χ4n) is 3.56. The molecule has 2 aliphatic rings. The lowest BCUT2D eigenvalue weighted by atomic mass is 10.1. The van der Waals surface area contributed by atoms with Crippen LogP contribution in [-0.2, 0) is 13.0 Å². The van der Waals surface area contributed by atoms with E-state index in [0.717, 1.165) is 56.4 Å². The van der Waals surface area contributed by atoms with E-state index in [1.807, 2.05) is 24.5 Å². The normalized spacial score (nSPS) is 21.3. The van der Waals surface area contributed by atoms with E-state index in [2.05, 4.69) is 31.5 Å². The topological polar surface area (TPSA) is 62.7 Å². The van der Waals surface area contributed by atoms with Crippen LogP contribution in [0.5, 0.6) is 0 Å². The van der Waals surface area contributed by atoms with Gasteiger partial charge in [0.05, 0.1) is 6.04 Å². The van der Waals surface area contributed by atoms with Crippen LogP contribution in [0.4, 0.5) is 5.69 Å². The number of fused-ring (bicyclic) bond motifs is 1. The van der Waals surface area contributed by atoms with Crippen molar-refractivity contribution in [1.82, 2.24) is 14.5 Å². The summed E-state index contributed by atoms with van der Waals surface area (Å²) in [6.07, 6.45) is 5.79. The van der Waals surface area contributed by atoms with Crippen LogP contribution in [0.2, 0.25) is 5.02 Å². The number of aromatic nitrogens is 2. The fraction of sp³-hybridized carbons (Fsp3) is 0.444. The zero-order valence-electron chi connectivity index (χ0n) is 14.2. The van der Waals surface area contributed by atoms with Gasteiger partial charge in [-0.15, -0.1) is 0 Å². The monoisotopic (exact) mass is 358 g/mol. The van der Waals surface area contributed by atoms with Crippen molar-refractivity contribution in [3.8, 4) is 0 Å². The molecule has 7 heteroatoms. The Labute approximate surface area is 152 Å². The third-order valence-electron chi connectivity index (χ3n) is 5.03. The van der Waals surface area contributed by atoms with Crippen molar-refractivity contribution in [3.05, 3.63) is 47.5 Å². The summed E-state index contributed by atoms with van der Waals surface area (Å²) < 4.78 is 2.20. The number of halogens is 1. The zero-order chi connectivity index (χ0) is 17.2. The fourth-order valence-corrected chi connectivity index (χ4v) is 3.69. The molecule has 0 aliphatic carbocycles. The first-order valence-corrected chi connectivity index (χ1v) is 9.15. The molecule has 0 saturated carbocycles. The molecule has 1 aromatic carbocycles. The summed E-state index contributed by atoms with van der Waals surface area (Å²) in [7, 11) is 0. The molecule has 0 spiro atoms. The van der Waals surface area contributed by atoms with Gasteiger partial charge in [-0.1, -0.05) is 11.6 Å². The molecule has 25 heavy (non-hydrogen) atoms. The average Bonchev–Trinajstić information content (AvgIpc) is 3.10. The van der Waals surface area contributed by atoms with Gasteiger partial charge in [-0.05, 0) is 30.7 Å². The number of nitrogens with two attached hydrogens (primary N) is 1. The summed E-state index contributed by atoms with van der Waals surface area (Å²) in [5, 5.41) is 0.770. The van der Waals surface area contributed by atoms with Gasteiger partial charge in [-0.25, -0.2) is 9.98 Å². The molecule has 1 unspecified atom stereocenters. The highest BCUT2D eigenvalue weighted by atomic mass is 35.5. The summed E-state index contributed by atoms with van der Waals surface area (Å²) in [6.45, 7) is 4.62. The lowest BCUT2D eigenvalue weighted by Gasteiger charge is -2.37. The molecule has 2 aliphatic heterocycles. The number of benzene rings is 1. The molecule has 0 amide bonds. The Bertz CT molecular complexity index is 745. The summed E-state index contributed by atoms with van der Waals surface area (Å²) in [5.74, 6) is 1.78. The minimum absolute atomic E-state index is 0.240. The van der Waals surface area contributed by atoms with E-state index in [-0.39, 0.29) is 6.04 Å². The minimum Gasteiger partial charge on any atom is -0.370 e. The number of anilines is 1. The molecule has 132 valence electrons. The SMILES string of the molecule is NC(=NC1CCn2ccnc2C1)N1CCN(c2ccc(Cl)cc2)CC1. The molecule has 0 radical (unpaired) electrons. The Morgan fingerprint density at radius 1 is 1.12 bits per heavy atom. The molecule has 2 N–H and O–H groups in total. The first kappa shape index (κ1) is 16.3. The van der Waals surface area contributed by atoms with E-state index in [1.165, 1.54) is 5.69 Å². The Morgan fingerprint density at radius 2 is 1.88 bits per heavy atom. The van der Waals surface area contributed by atoms with E-state index >= 15 is 0 Å². The zero-order valence-corrected chi connectivity index (χ0v) is 14.9. The largest absolute Gasteiger partial charge is 0.370 e. The molecule has 1 aromatic heterocycles. The number of hydrogen-bond acceptors (Lipinski definition) is 3. The molecule has 1 atom stereocenters. The highest BCUT2D eigenvalue weighted by Crippen LogP contribution is 2.20. The van der Waals surface area contributed by atoms with Crippen molar-refractivity contribution in [3.63, 3.8) is 0 Å². The number of hydrogen-bond donors (Lipinski definition) is 1. The minimum atomic E-state index is 0.240. The second kappa shape index (κ2) is 6.96. The number of nitrogens with zero attached hydrogens (tertiary/aromatic N) is 5. The first-order chi connectivity index (χ1) is 12.2. The van der Waals surface area contributed by atoms with Gasteiger partial charge in [0.1, 0.15) is 5.82 Å². The Kier molecular flexibility index (Phi) is 4.53. The third-order valence-corrected chi connectivity index (χ3v) is 5.29.